The number of nitrogens with one attached hydrogen (secondary N) is 1. The molecule has 4 heteroatoms. The second-order valence-corrected chi connectivity index (χ2v) is 6.75. The molecule has 1 amide bonds. The van der Waals surface area contributed by atoms with Crippen molar-refractivity contribution in [1.82, 2.24) is 4.98 Å². The van der Waals surface area contributed by atoms with Crippen molar-refractivity contribution in [2.75, 3.05) is 5.32 Å². The van der Waals surface area contributed by atoms with E-state index < -0.39 is 0 Å². The van der Waals surface area contributed by atoms with Crippen LogP contribution >= 0.6 is 0 Å². The van der Waals surface area contributed by atoms with Gasteiger partial charge in [-0.1, -0.05) is 67.8 Å². The van der Waals surface area contributed by atoms with Crippen LogP contribution in [0.15, 0.2) is 65.1 Å². The molecule has 132 valence electrons. The van der Waals surface area contributed by atoms with E-state index >= 15 is 0 Å². The highest BCUT2D eigenvalue weighted by atomic mass is 16.4. The largest absolute Gasteiger partial charge is 0.420 e. The summed E-state index contributed by atoms with van der Waals surface area (Å²) in [6.45, 7) is 0. The molecule has 1 saturated carbocycles. The molecule has 0 saturated heterocycles. The number of oxazole rings is 1. The van der Waals surface area contributed by atoms with Gasteiger partial charge in [-0.2, -0.15) is 0 Å². The first kappa shape index (κ1) is 16.6. The first-order chi connectivity index (χ1) is 12.8. The third kappa shape index (κ3) is 3.54. The summed E-state index contributed by atoms with van der Waals surface area (Å²) in [5.41, 5.74) is 2.49. The van der Waals surface area contributed by atoms with E-state index in [1.54, 1.807) is 0 Å². The number of rotatable bonds is 4. The molecule has 0 aliphatic heterocycles. The molecule has 1 heterocycles. The molecule has 0 atom stereocenters. The molecular formula is C22H22N2O2. The first-order valence-corrected chi connectivity index (χ1v) is 9.24. The highest BCUT2D eigenvalue weighted by Crippen LogP contribution is 2.34. The third-order valence-corrected chi connectivity index (χ3v) is 4.91. The van der Waals surface area contributed by atoms with Gasteiger partial charge in [0.1, 0.15) is 5.69 Å². The Labute approximate surface area is 153 Å². The second-order valence-electron chi connectivity index (χ2n) is 6.75. The average Bonchev–Trinajstić information content (AvgIpc) is 3.14. The second kappa shape index (κ2) is 7.56. The van der Waals surface area contributed by atoms with E-state index in [1.165, 1.54) is 6.42 Å². The van der Waals surface area contributed by atoms with E-state index in [2.05, 4.69) is 10.3 Å². The van der Waals surface area contributed by atoms with Crippen LogP contribution in [-0.2, 0) is 4.79 Å². The molecule has 4 nitrogen and oxygen atoms in total. The monoisotopic (exact) mass is 346 g/mol. The highest BCUT2D eigenvalue weighted by molar-refractivity contribution is 5.94. The number of anilines is 1. The molecule has 1 aromatic heterocycles. The maximum absolute atomic E-state index is 12.7. The van der Waals surface area contributed by atoms with Crippen molar-refractivity contribution < 1.29 is 9.21 Å². The molecule has 26 heavy (non-hydrogen) atoms. The Hall–Kier alpha value is -2.88. The van der Waals surface area contributed by atoms with Gasteiger partial charge in [-0.3, -0.25) is 10.1 Å². The Morgan fingerprint density at radius 2 is 1.50 bits per heavy atom. The van der Waals surface area contributed by atoms with Crippen molar-refractivity contribution in [2.45, 2.75) is 32.1 Å². The highest BCUT2D eigenvalue weighted by Gasteiger charge is 2.24. The van der Waals surface area contributed by atoms with Gasteiger partial charge in [-0.15, -0.1) is 0 Å². The number of nitrogens with zero attached hydrogens (tertiary/aromatic N) is 1. The minimum Gasteiger partial charge on any atom is -0.420 e. The molecule has 0 unspecified atom stereocenters. The molecule has 0 spiro atoms. The number of aromatic nitrogens is 1. The summed E-state index contributed by atoms with van der Waals surface area (Å²) < 4.78 is 5.97. The van der Waals surface area contributed by atoms with Gasteiger partial charge >= 0.3 is 0 Å². The maximum atomic E-state index is 12.7. The van der Waals surface area contributed by atoms with Gasteiger partial charge in [0.05, 0.1) is 0 Å². The Kier molecular flexibility index (Phi) is 4.82. The van der Waals surface area contributed by atoms with Gasteiger partial charge in [-0.05, 0) is 25.0 Å². The fraction of sp³-hybridized carbons (Fsp3) is 0.273. The molecule has 4 rings (SSSR count). The first-order valence-electron chi connectivity index (χ1n) is 9.24. The predicted octanol–water partition coefficient (Wildman–Crippen LogP) is 5.53. The normalized spacial score (nSPS) is 14.9. The van der Waals surface area contributed by atoms with E-state index in [-0.39, 0.29) is 11.8 Å². The summed E-state index contributed by atoms with van der Waals surface area (Å²) in [5.74, 6) is 1.06. The van der Waals surface area contributed by atoms with Crippen molar-refractivity contribution in [3.8, 4) is 22.7 Å². The van der Waals surface area contributed by atoms with Crippen LogP contribution in [0.1, 0.15) is 32.1 Å². The molecule has 1 fully saturated rings. The van der Waals surface area contributed by atoms with Crippen LogP contribution in [0.4, 0.5) is 5.88 Å². The van der Waals surface area contributed by atoms with Crippen molar-refractivity contribution in [3.63, 3.8) is 0 Å². The van der Waals surface area contributed by atoms with Gasteiger partial charge in [0.15, 0.2) is 0 Å². The van der Waals surface area contributed by atoms with E-state index in [0.717, 1.165) is 36.8 Å². The summed E-state index contributed by atoms with van der Waals surface area (Å²) >= 11 is 0. The summed E-state index contributed by atoms with van der Waals surface area (Å²) in [5, 5.41) is 3.00. The molecular weight excluding hydrogens is 324 g/mol. The van der Waals surface area contributed by atoms with Crippen molar-refractivity contribution in [1.29, 1.82) is 0 Å². The standard InChI is InChI=1S/C22H22N2O2/c25-20(17-12-6-2-7-13-17)24-22-19(16-10-4-1-5-11-16)23-21(26-22)18-14-8-3-9-15-18/h1,3-5,8-11,14-15,17H,2,6-7,12-13H2,(H,24,25). The SMILES string of the molecule is O=C(Nc1oc(-c2ccccc2)nc1-c1ccccc1)C1CCCCC1. The van der Waals surface area contributed by atoms with Gasteiger partial charge in [0.25, 0.3) is 0 Å². The zero-order valence-electron chi connectivity index (χ0n) is 14.7. The van der Waals surface area contributed by atoms with Gasteiger partial charge in [0, 0.05) is 17.0 Å². The lowest BCUT2D eigenvalue weighted by atomic mass is 9.89. The van der Waals surface area contributed by atoms with Crippen LogP contribution in [-0.4, -0.2) is 10.9 Å². The lowest BCUT2D eigenvalue weighted by molar-refractivity contribution is -0.120. The van der Waals surface area contributed by atoms with Crippen molar-refractivity contribution in [3.05, 3.63) is 60.7 Å². The number of hydrogen-bond donors (Lipinski definition) is 1. The minimum atomic E-state index is 0.0395. The fourth-order valence-electron chi connectivity index (χ4n) is 3.48. The molecule has 2 aromatic carbocycles. The van der Waals surface area contributed by atoms with Crippen molar-refractivity contribution >= 4 is 11.8 Å². The van der Waals surface area contributed by atoms with E-state index in [1.807, 2.05) is 60.7 Å². The zero-order chi connectivity index (χ0) is 17.8. The van der Waals surface area contributed by atoms with Crippen LogP contribution < -0.4 is 5.32 Å². The van der Waals surface area contributed by atoms with E-state index in [0.29, 0.717) is 17.5 Å². The maximum Gasteiger partial charge on any atom is 0.229 e. The molecule has 1 N–H and O–H groups in total. The number of carbonyl (C=O) groups is 1. The molecule has 0 bridgehead atoms. The number of carbonyl (C=O) groups excluding carboxylic acids is 1. The van der Waals surface area contributed by atoms with Gasteiger partial charge in [-0.25, -0.2) is 4.98 Å². The molecule has 1 aliphatic rings. The Morgan fingerprint density at radius 1 is 0.885 bits per heavy atom. The summed E-state index contributed by atoms with van der Waals surface area (Å²) in [6, 6.07) is 19.6. The number of benzene rings is 2. The van der Waals surface area contributed by atoms with Crippen LogP contribution in [0.2, 0.25) is 0 Å². The van der Waals surface area contributed by atoms with E-state index in [9.17, 15) is 4.79 Å². The summed E-state index contributed by atoms with van der Waals surface area (Å²) in [6.07, 6.45) is 5.36. The van der Waals surface area contributed by atoms with Gasteiger partial charge in [0.2, 0.25) is 17.7 Å². The Balaban J connectivity index is 1.67. The third-order valence-electron chi connectivity index (χ3n) is 4.91. The van der Waals surface area contributed by atoms with Crippen LogP contribution in [0.5, 0.6) is 0 Å². The molecule has 0 radical (unpaired) electrons. The fourth-order valence-corrected chi connectivity index (χ4v) is 3.48. The summed E-state index contributed by atoms with van der Waals surface area (Å²) in [7, 11) is 0. The smallest absolute Gasteiger partial charge is 0.229 e. The van der Waals surface area contributed by atoms with Crippen LogP contribution in [0, 0.1) is 5.92 Å². The summed E-state index contributed by atoms with van der Waals surface area (Å²) in [4.78, 5) is 17.4. The lowest BCUT2D eigenvalue weighted by Crippen LogP contribution is -2.24. The topological polar surface area (TPSA) is 55.1 Å². The lowest BCUT2D eigenvalue weighted by Gasteiger charge is -2.20. The minimum absolute atomic E-state index is 0.0395. The molecule has 3 aromatic rings. The average molecular weight is 346 g/mol. The van der Waals surface area contributed by atoms with Crippen molar-refractivity contribution in [2.24, 2.45) is 5.92 Å². The van der Waals surface area contributed by atoms with Gasteiger partial charge < -0.3 is 4.42 Å². The number of amides is 1. The molecule has 1 aliphatic carbocycles. The Morgan fingerprint density at radius 3 is 2.15 bits per heavy atom. The Bertz CT molecular complexity index is 866. The van der Waals surface area contributed by atoms with E-state index in [4.69, 9.17) is 4.42 Å². The predicted molar refractivity (Wildman–Crippen MR) is 103 cm³/mol. The quantitative estimate of drug-likeness (QED) is 0.676. The zero-order valence-corrected chi connectivity index (χ0v) is 14.7. The number of hydrogen-bond acceptors (Lipinski definition) is 3. The van der Waals surface area contributed by atoms with Crippen LogP contribution in [0.3, 0.4) is 0 Å². The van der Waals surface area contributed by atoms with Crippen LogP contribution in [0.25, 0.3) is 22.7 Å².